The van der Waals surface area contributed by atoms with Crippen LogP contribution in [0.25, 0.3) is 21.8 Å². The number of H-pyrrole nitrogens is 2. The third-order valence-electron chi connectivity index (χ3n) is 5.36. The summed E-state index contributed by atoms with van der Waals surface area (Å²) in [6.07, 6.45) is 1.01. The van der Waals surface area contributed by atoms with E-state index in [2.05, 4.69) is 15.3 Å². The molecule has 3 aromatic rings. The van der Waals surface area contributed by atoms with E-state index in [9.17, 15) is 27.9 Å². The molecule has 2 aromatic heterocycles. The van der Waals surface area contributed by atoms with Crippen molar-refractivity contribution in [2.75, 3.05) is 13.1 Å². The van der Waals surface area contributed by atoms with E-state index in [1.807, 2.05) is 0 Å². The first-order valence-electron chi connectivity index (χ1n) is 10.3. The Labute approximate surface area is 188 Å². The van der Waals surface area contributed by atoms with Crippen LogP contribution in [0.4, 0.5) is 4.79 Å². The maximum absolute atomic E-state index is 13.3. The quantitative estimate of drug-likeness (QED) is 0.448. The van der Waals surface area contributed by atoms with Crippen molar-refractivity contribution in [3.8, 4) is 0 Å². The van der Waals surface area contributed by atoms with Crippen molar-refractivity contribution >= 4 is 43.9 Å². The van der Waals surface area contributed by atoms with E-state index >= 15 is 0 Å². The van der Waals surface area contributed by atoms with Crippen LogP contribution >= 0.6 is 0 Å². The van der Waals surface area contributed by atoms with Gasteiger partial charge >= 0.3 is 12.1 Å². The summed E-state index contributed by atoms with van der Waals surface area (Å²) in [5, 5.41) is 12.6. The summed E-state index contributed by atoms with van der Waals surface area (Å²) >= 11 is 0. The molecule has 0 aliphatic carbocycles. The number of hydrogen-bond donors (Lipinski definition) is 4. The number of ether oxygens (including phenoxy) is 1. The highest BCUT2D eigenvalue weighted by Crippen LogP contribution is 2.29. The Morgan fingerprint density at radius 2 is 2.00 bits per heavy atom. The van der Waals surface area contributed by atoms with Gasteiger partial charge in [-0.2, -0.15) is 4.31 Å². The second-order valence-corrected chi connectivity index (χ2v) is 10.9. The summed E-state index contributed by atoms with van der Waals surface area (Å²) in [4.78, 5) is 41.2. The molecule has 4 rings (SSSR count). The number of amides is 1. The Kier molecular flexibility index (Phi) is 5.45. The van der Waals surface area contributed by atoms with Crippen molar-refractivity contribution in [1.82, 2.24) is 19.6 Å². The molecule has 176 valence electrons. The Morgan fingerprint density at radius 1 is 1.27 bits per heavy atom. The fourth-order valence-corrected chi connectivity index (χ4v) is 5.45. The Bertz CT molecular complexity index is 1430. The summed E-state index contributed by atoms with van der Waals surface area (Å²) in [6.45, 7) is 5.49. The largest absolute Gasteiger partial charge is 0.478 e. The lowest BCUT2D eigenvalue weighted by molar-refractivity contribution is 0.0506. The lowest BCUT2D eigenvalue weighted by atomic mass is 10.1. The fourth-order valence-electron chi connectivity index (χ4n) is 3.92. The number of carboxylic acid groups (broad SMARTS) is 1. The van der Waals surface area contributed by atoms with Crippen LogP contribution in [0.2, 0.25) is 0 Å². The minimum absolute atomic E-state index is 0.0428. The van der Waals surface area contributed by atoms with Crippen LogP contribution in [0.3, 0.4) is 0 Å². The van der Waals surface area contributed by atoms with Gasteiger partial charge in [0.1, 0.15) is 11.1 Å². The van der Waals surface area contributed by atoms with Gasteiger partial charge in [0.2, 0.25) is 10.0 Å². The first-order valence-corrected chi connectivity index (χ1v) is 11.7. The Balaban J connectivity index is 1.66. The molecule has 1 atom stereocenters. The molecule has 1 aliphatic rings. The number of rotatable bonds is 4. The number of benzene rings is 1. The Morgan fingerprint density at radius 3 is 2.67 bits per heavy atom. The van der Waals surface area contributed by atoms with Crippen molar-refractivity contribution in [2.45, 2.75) is 43.7 Å². The molecule has 1 unspecified atom stereocenters. The molecule has 0 bridgehead atoms. The molecule has 12 heteroatoms. The highest BCUT2D eigenvalue weighted by atomic mass is 32.2. The Hall–Kier alpha value is -3.38. The van der Waals surface area contributed by atoms with Crippen LogP contribution in [0.1, 0.15) is 37.6 Å². The maximum Gasteiger partial charge on any atom is 0.407 e. The summed E-state index contributed by atoms with van der Waals surface area (Å²) in [7, 11) is -3.94. The monoisotopic (exact) mass is 476 g/mol. The molecule has 3 heterocycles. The number of carbonyl (C=O) groups is 2. The first-order chi connectivity index (χ1) is 15.4. The van der Waals surface area contributed by atoms with Gasteiger partial charge in [0.05, 0.1) is 10.5 Å². The summed E-state index contributed by atoms with van der Waals surface area (Å²) < 4.78 is 33.1. The molecule has 1 aliphatic heterocycles. The number of fused-ring (bicyclic) bond motifs is 3. The van der Waals surface area contributed by atoms with E-state index in [0.717, 1.165) is 0 Å². The average molecular weight is 477 g/mol. The third-order valence-corrected chi connectivity index (χ3v) is 7.22. The van der Waals surface area contributed by atoms with Gasteiger partial charge in [-0.25, -0.2) is 18.0 Å². The highest BCUT2D eigenvalue weighted by Gasteiger charge is 2.34. The molecule has 1 fully saturated rings. The summed E-state index contributed by atoms with van der Waals surface area (Å²) in [5.74, 6) is -1.24. The fraction of sp³-hybridized carbons (Fsp3) is 0.381. The van der Waals surface area contributed by atoms with Crippen molar-refractivity contribution in [2.24, 2.45) is 0 Å². The minimum atomic E-state index is -3.94. The van der Waals surface area contributed by atoms with Gasteiger partial charge in [0.25, 0.3) is 5.56 Å². The smallest absolute Gasteiger partial charge is 0.407 e. The van der Waals surface area contributed by atoms with Gasteiger partial charge in [-0.3, -0.25) is 4.79 Å². The SMILES string of the molecule is CC(C)(C)OC(=O)NC1CCN(S(=O)(=O)c2ccc3[nH]c(=O)c4[nH]cc(C(=O)O)c4c3c2)C1. The zero-order chi connectivity index (χ0) is 24.1. The number of aromatic amines is 2. The van der Waals surface area contributed by atoms with Gasteiger partial charge in [-0.1, -0.05) is 0 Å². The molecule has 4 N–H and O–H groups in total. The first kappa shape index (κ1) is 22.8. The number of carboxylic acids is 1. The van der Waals surface area contributed by atoms with E-state index < -0.39 is 39.3 Å². The molecule has 33 heavy (non-hydrogen) atoms. The second kappa shape index (κ2) is 7.89. The van der Waals surface area contributed by atoms with Gasteiger partial charge in [-0.15, -0.1) is 0 Å². The minimum Gasteiger partial charge on any atom is -0.478 e. The normalized spacial score (nSPS) is 17.5. The number of nitrogens with zero attached hydrogens (tertiary/aromatic N) is 1. The van der Waals surface area contributed by atoms with E-state index in [1.165, 1.54) is 28.7 Å². The van der Waals surface area contributed by atoms with Crippen LogP contribution in [0.5, 0.6) is 0 Å². The summed E-state index contributed by atoms with van der Waals surface area (Å²) in [6, 6.07) is 3.76. The molecule has 11 nitrogen and oxygen atoms in total. The molecule has 0 radical (unpaired) electrons. The van der Waals surface area contributed by atoms with Gasteiger partial charge in [-0.05, 0) is 45.4 Å². The number of nitrogens with one attached hydrogen (secondary N) is 3. The van der Waals surface area contributed by atoms with Crippen LogP contribution < -0.4 is 10.9 Å². The van der Waals surface area contributed by atoms with Crippen LogP contribution in [0, 0.1) is 0 Å². The van der Waals surface area contributed by atoms with E-state index in [0.29, 0.717) is 17.3 Å². The predicted octanol–water partition coefficient (Wildman–Crippen LogP) is 2.00. The van der Waals surface area contributed by atoms with Crippen LogP contribution in [0.15, 0.2) is 34.1 Å². The average Bonchev–Trinajstić information content (AvgIpc) is 3.34. The maximum atomic E-state index is 13.3. The van der Waals surface area contributed by atoms with Gasteiger partial charge in [0.15, 0.2) is 0 Å². The lowest BCUT2D eigenvalue weighted by Crippen LogP contribution is -2.41. The van der Waals surface area contributed by atoms with Crippen molar-refractivity contribution in [1.29, 1.82) is 0 Å². The van der Waals surface area contributed by atoms with Crippen LogP contribution in [-0.2, 0) is 14.8 Å². The number of carbonyl (C=O) groups excluding carboxylic acids is 1. The van der Waals surface area contributed by atoms with E-state index in [-0.39, 0.29) is 34.5 Å². The van der Waals surface area contributed by atoms with E-state index in [1.54, 1.807) is 20.8 Å². The predicted molar refractivity (Wildman–Crippen MR) is 120 cm³/mol. The number of alkyl carbamates (subject to hydrolysis) is 1. The number of aromatic nitrogens is 2. The topological polar surface area (TPSA) is 162 Å². The summed E-state index contributed by atoms with van der Waals surface area (Å²) in [5.41, 5.74) is -0.926. The zero-order valence-corrected chi connectivity index (χ0v) is 19.1. The third kappa shape index (κ3) is 4.31. The van der Waals surface area contributed by atoms with Gasteiger partial charge in [0, 0.05) is 41.6 Å². The molecule has 1 aromatic carbocycles. The van der Waals surface area contributed by atoms with Crippen molar-refractivity contribution in [3.05, 3.63) is 40.3 Å². The van der Waals surface area contributed by atoms with E-state index in [4.69, 9.17) is 4.74 Å². The highest BCUT2D eigenvalue weighted by molar-refractivity contribution is 7.89. The van der Waals surface area contributed by atoms with Crippen molar-refractivity contribution in [3.63, 3.8) is 0 Å². The number of aromatic carboxylic acids is 1. The molecular formula is C21H24N4O7S. The number of hydrogen-bond acceptors (Lipinski definition) is 6. The van der Waals surface area contributed by atoms with Crippen molar-refractivity contribution < 1.29 is 27.9 Å². The lowest BCUT2D eigenvalue weighted by Gasteiger charge is -2.22. The molecule has 1 amide bonds. The molecule has 0 saturated carbocycles. The van der Waals surface area contributed by atoms with Crippen LogP contribution in [-0.4, -0.2) is 64.6 Å². The number of pyridine rings is 1. The standard InChI is InChI=1S/C21H24N4O7S/c1-21(2,3)32-20(29)23-11-6-7-25(10-11)33(30,31)12-4-5-15-13(8-12)16-14(19(27)28)9-22-17(16)18(26)24-15/h4-5,8-9,11,22H,6-7,10H2,1-3H3,(H,23,29)(H,24,26)(H,27,28). The number of sulfonamides is 1. The van der Waals surface area contributed by atoms with Gasteiger partial charge < -0.3 is 25.1 Å². The molecule has 1 saturated heterocycles. The molecular weight excluding hydrogens is 452 g/mol. The zero-order valence-electron chi connectivity index (χ0n) is 18.3. The second-order valence-electron chi connectivity index (χ2n) is 8.91. The molecule has 0 spiro atoms.